The molecule has 1 heterocycles. The summed E-state index contributed by atoms with van der Waals surface area (Å²) < 4.78 is 27.9. The summed E-state index contributed by atoms with van der Waals surface area (Å²) in [5.41, 5.74) is 8.43. The van der Waals surface area contributed by atoms with E-state index in [0.29, 0.717) is 65.2 Å². The summed E-state index contributed by atoms with van der Waals surface area (Å²) in [5.74, 6) is 0.256. The van der Waals surface area contributed by atoms with Crippen LogP contribution in [0.5, 0.6) is 0 Å². The topological polar surface area (TPSA) is 137 Å². The predicted molar refractivity (Wildman–Crippen MR) is 166 cm³/mol. The smallest absolute Gasteiger partial charge is 0.261 e. The summed E-state index contributed by atoms with van der Waals surface area (Å²) in [5, 5.41) is 3.55. The lowest BCUT2D eigenvalue weighted by atomic mass is 10.1. The number of carbonyl (C=O) groups is 2. The zero-order valence-corrected chi connectivity index (χ0v) is 24.5. The van der Waals surface area contributed by atoms with Crippen molar-refractivity contribution in [2.45, 2.75) is 11.8 Å². The number of rotatable bonds is 9. The second-order valence-corrected chi connectivity index (χ2v) is 11.6. The highest BCUT2D eigenvalue weighted by Gasteiger charge is 2.23. The van der Waals surface area contributed by atoms with Gasteiger partial charge >= 0.3 is 0 Å². The molecule has 0 atom stereocenters. The Bertz CT molecular complexity index is 1610. The average Bonchev–Trinajstić information content (AvgIpc) is 2.97. The first-order chi connectivity index (χ1) is 20.1. The van der Waals surface area contributed by atoms with Gasteiger partial charge in [0.25, 0.3) is 15.9 Å². The molecule has 0 aromatic heterocycles. The first-order valence-corrected chi connectivity index (χ1v) is 14.9. The molecule has 218 valence electrons. The number of hydrogen-bond acceptors (Lipinski definition) is 7. The number of piperazine rings is 1. The quantitative estimate of drug-likeness (QED) is 0.311. The molecule has 1 fully saturated rings. The molecule has 12 heteroatoms. The van der Waals surface area contributed by atoms with Gasteiger partial charge in [-0.05, 0) is 72.9 Å². The van der Waals surface area contributed by atoms with Gasteiger partial charge in [-0.3, -0.25) is 14.3 Å². The molecule has 0 saturated carbocycles. The van der Waals surface area contributed by atoms with Crippen LogP contribution in [0.4, 0.5) is 11.4 Å². The number of nitrogens with one attached hydrogen (secondary N) is 2. The Labute approximate surface area is 250 Å². The molecule has 0 bridgehead atoms. The summed E-state index contributed by atoms with van der Waals surface area (Å²) >= 11 is 5.86. The first kappa shape index (κ1) is 30.4. The number of nitrogens with two attached hydrogens (primary N) is 1. The highest BCUT2D eigenvalue weighted by atomic mass is 35.5. The van der Waals surface area contributed by atoms with Gasteiger partial charge in [0.1, 0.15) is 5.82 Å². The van der Waals surface area contributed by atoms with Crippen molar-refractivity contribution >= 4 is 50.5 Å². The van der Waals surface area contributed by atoms with Gasteiger partial charge < -0.3 is 20.9 Å². The van der Waals surface area contributed by atoms with E-state index in [-0.39, 0.29) is 16.7 Å². The van der Waals surface area contributed by atoms with Crippen LogP contribution in [-0.4, -0.2) is 61.9 Å². The van der Waals surface area contributed by atoms with Gasteiger partial charge in [0.2, 0.25) is 5.91 Å². The first-order valence-electron chi connectivity index (χ1n) is 13.0. The summed E-state index contributed by atoms with van der Waals surface area (Å²) in [6.07, 6.45) is 2.95. The molecule has 42 heavy (non-hydrogen) atoms. The van der Waals surface area contributed by atoms with E-state index in [1.54, 1.807) is 64.4 Å². The number of halogens is 1. The van der Waals surface area contributed by atoms with Crippen molar-refractivity contribution in [3.05, 3.63) is 114 Å². The fourth-order valence-corrected chi connectivity index (χ4v) is 5.45. The highest BCUT2D eigenvalue weighted by molar-refractivity contribution is 7.92. The van der Waals surface area contributed by atoms with E-state index < -0.39 is 10.0 Å². The molecular weight excluding hydrogens is 576 g/mol. The third-order valence-corrected chi connectivity index (χ3v) is 8.15. The van der Waals surface area contributed by atoms with E-state index in [9.17, 15) is 18.0 Å². The third kappa shape index (κ3) is 7.77. The molecule has 10 nitrogen and oxygen atoms in total. The van der Waals surface area contributed by atoms with E-state index >= 15 is 0 Å². The highest BCUT2D eigenvalue weighted by Crippen LogP contribution is 2.20. The molecule has 0 aliphatic carbocycles. The van der Waals surface area contributed by atoms with Crippen molar-refractivity contribution in [1.82, 2.24) is 9.80 Å². The SMILES string of the molecule is C=C(/N=C(\C=C/N)c1ccc(NS(=O)(=O)c2ccc(Cl)cc2)cc1)Nc1ccc(C(=O)N2CCN(C(C)=O)CC2)cc1. The van der Waals surface area contributed by atoms with Crippen LogP contribution < -0.4 is 15.8 Å². The van der Waals surface area contributed by atoms with Crippen molar-refractivity contribution < 1.29 is 18.0 Å². The van der Waals surface area contributed by atoms with Crippen LogP contribution in [-0.2, 0) is 14.8 Å². The Morgan fingerprint density at radius 2 is 1.43 bits per heavy atom. The van der Waals surface area contributed by atoms with E-state index in [4.69, 9.17) is 17.3 Å². The van der Waals surface area contributed by atoms with E-state index in [0.717, 1.165) is 0 Å². The largest absolute Gasteiger partial charge is 0.405 e. The van der Waals surface area contributed by atoms with Crippen molar-refractivity contribution in [3.63, 3.8) is 0 Å². The Morgan fingerprint density at radius 1 is 0.881 bits per heavy atom. The van der Waals surface area contributed by atoms with Crippen LogP contribution in [0, 0.1) is 0 Å². The van der Waals surface area contributed by atoms with Crippen molar-refractivity contribution in [3.8, 4) is 0 Å². The standard InChI is InChI=1S/C30H31ClN6O4S/c1-21(33-26-9-5-24(6-10-26)30(39)37-19-17-36(18-20-37)22(2)38)34-29(15-16-32)23-3-11-27(12-4-23)35-42(40,41)28-13-7-25(31)8-14-28/h3-16,33,35H,1,17-20,32H2,2H3/b16-15-,34-29+. The van der Waals surface area contributed by atoms with Gasteiger partial charge in [-0.25, -0.2) is 13.4 Å². The fraction of sp³-hybridized carbons (Fsp3) is 0.167. The van der Waals surface area contributed by atoms with Crippen LogP contribution in [0.2, 0.25) is 5.02 Å². The summed E-state index contributed by atoms with van der Waals surface area (Å²) in [6, 6.07) is 19.5. The van der Waals surface area contributed by atoms with Crippen molar-refractivity contribution in [2.75, 3.05) is 36.2 Å². The maximum Gasteiger partial charge on any atom is 0.261 e. The fourth-order valence-electron chi connectivity index (χ4n) is 4.27. The third-order valence-electron chi connectivity index (χ3n) is 6.50. The van der Waals surface area contributed by atoms with Gasteiger partial charge in [0.05, 0.1) is 10.6 Å². The maximum atomic E-state index is 12.9. The van der Waals surface area contributed by atoms with Crippen LogP contribution >= 0.6 is 11.6 Å². The second kappa shape index (κ2) is 13.4. The van der Waals surface area contributed by atoms with E-state index in [2.05, 4.69) is 21.6 Å². The zero-order chi connectivity index (χ0) is 30.3. The number of allylic oxidation sites excluding steroid dienone is 1. The maximum absolute atomic E-state index is 12.9. The molecule has 0 unspecified atom stereocenters. The summed E-state index contributed by atoms with van der Waals surface area (Å²) in [7, 11) is -3.78. The van der Waals surface area contributed by atoms with Gasteiger partial charge in [-0.1, -0.05) is 30.3 Å². The van der Waals surface area contributed by atoms with Gasteiger partial charge in [-0.2, -0.15) is 0 Å². The second-order valence-electron chi connectivity index (χ2n) is 9.44. The van der Waals surface area contributed by atoms with E-state index in [1.807, 2.05) is 0 Å². The lowest BCUT2D eigenvalue weighted by Crippen LogP contribution is -2.50. The number of nitrogens with zero attached hydrogens (tertiary/aromatic N) is 3. The molecule has 1 aliphatic rings. The number of hydrogen-bond donors (Lipinski definition) is 3. The minimum absolute atomic E-state index is 0.0141. The van der Waals surface area contributed by atoms with Crippen LogP contribution in [0.3, 0.4) is 0 Å². The Balaban J connectivity index is 1.39. The molecule has 4 rings (SSSR count). The molecule has 3 aromatic carbocycles. The van der Waals surface area contributed by atoms with Crippen molar-refractivity contribution in [1.29, 1.82) is 0 Å². The van der Waals surface area contributed by atoms with Crippen LogP contribution in [0.15, 0.2) is 107 Å². The molecule has 1 aliphatic heterocycles. The molecule has 3 aromatic rings. The number of sulfonamides is 1. The number of benzene rings is 3. The molecule has 4 N–H and O–H groups in total. The Hall–Kier alpha value is -4.61. The lowest BCUT2D eigenvalue weighted by molar-refractivity contribution is -0.130. The Morgan fingerprint density at radius 3 is 2.00 bits per heavy atom. The van der Waals surface area contributed by atoms with E-state index in [1.165, 1.54) is 37.4 Å². The number of carbonyl (C=O) groups excluding carboxylic acids is 2. The summed E-state index contributed by atoms with van der Waals surface area (Å²) in [6.45, 7) is 7.55. The van der Waals surface area contributed by atoms with Gasteiger partial charge in [0.15, 0.2) is 0 Å². The van der Waals surface area contributed by atoms with Gasteiger partial charge in [0, 0.05) is 60.6 Å². The van der Waals surface area contributed by atoms with Crippen LogP contribution in [0.25, 0.3) is 0 Å². The average molecular weight is 607 g/mol. The van der Waals surface area contributed by atoms with Gasteiger partial charge in [-0.15, -0.1) is 0 Å². The normalized spacial score (nSPS) is 14.1. The minimum Gasteiger partial charge on any atom is -0.405 e. The Kier molecular flexibility index (Phi) is 9.66. The number of aliphatic imine (C=N–C) groups is 1. The molecule has 2 amide bonds. The number of amides is 2. The monoisotopic (exact) mass is 606 g/mol. The predicted octanol–water partition coefficient (Wildman–Crippen LogP) is 4.29. The van der Waals surface area contributed by atoms with Crippen molar-refractivity contribution in [2.24, 2.45) is 10.7 Å². The minimum atomic E-state index is -3.78. The summed E-state index contributed by atoms with van der Waals surface area (Å²) in [4.78, 5) is 32.5. The molecular formula is C30H31ClN6O4S. The molecule has 1 saturated heterocycles. The molecule has 0 radical (unpaired) electrons. The lowest BCUT2D eigenvalue weighted by Gasteiger charge is -2.34. The van der Waals surface area contributed by atoms with Crippen LogP contribution in [0.1, 0.15) is 22.8 Å². The number of anilines is 2. The molecule has 0 spiro atoms. The zero-order valence-electron chi connectivity index (χ0n) is 23.0.